The minimum Gasteiger partial charge on any atom is -0.0649 e. The molecule has 0 heterocycles. The summed E-state index contributed by atoms with van der Waals surface area (Å²) >= 11 is 0. The maximum Gasteiger partial charge on any atom is -0.0305 e. The molecule has 0 unspecified atom stereocenters. The second-order valence-corrected chi connectivity index (χ2v) is 8.10. The molecule has 0 saturated carbocycles. The first-order valence-electron chi connectivity index (χ1n) is 11.1. The summed E-state index contributed by atoms with van der Waals surface area (Å²) in [6.07, 6.45) is 21.4. The lowest BCUT2D eigenvalue weighted by atomic mass is 9.75. The molecule has 0 radical (unpaired) electrons. The van der Waals surface area contributed by atoms with Crippen molar-refractivity contribution in [2.24, 2.45) is 10.8 Å². The highest BCUT2D eigenvalue weighted by atomic mass is 14.3. The van der Waals surface area contributed by atoms with Crippen LogP contribution in [0.3, 0.4) is 0 Å². The quantitative estimate of drug-likeness (QED) is 0.248. The maximum absolute atomic E-state index is 2.38. The Balaban J connectivity index is 3.64. The Morgan fingerprint density at radius 2 is 0.565 bits per heavy atom. The van der Waals surface area contributed by atoms with Gasteiger partial charge in [0.15, 0.2) is 0 Å². The number of unbranched alkanes of at least 4 members (excludes halogenated alkanes) is 6. The summed E-state index contributed by atoms with van der Waals surface area (Å²) in [7, 11) is 0. The average Bonchev–Trinajstić information content (AvgIpc) is 2.61. The second-order valence-electron chi connectivity index (χ2n) is 8.10. The van der Waals surface area contributed by atoms with Crippen LogP contribution < -0.4 is 0 Å². The lowest BCUT2D eigenvalue weighted by Crippen LogP contribution is -2.17. The summed E-state index contributed by atoms with van der Waals surface area (Å²) in [5, 5.41) is 0. The average molecular weight is 325 g/mol. The van der Waals surface area contributed by atoms with Crippen molar-refractivity contribution in [2.45, 2.75) is 138 Å². The topological polar surface area (TPSA) is 0 Å². The van der Waals surface area contributed by atoms with Crippen molar-refractivity contribution >= 4 is 0 Å². The molecule has 0 aromatic carbocycles. The summed E-state index contributed by atoms with van der Waals surface area (Å²) in [5.74, 6) is 0. The molecule has 0 fully saturated rings. The van der Waals surface area contributed by atoms with Crippen molar-refractivity contribution < 1.29 is 0 Å². The van der Waals surface area contributed by atoms with Crippen molar-refractivity contribution in [1.82, 2.24) is 0 Å². The standard InChI is InChI=1S/C23H48/c1-7-22(8-2,9-3)20-18-16-14-13-15-17-19-21-23(10-4,11-5)12-6/h7-21H2,1-6H3. The molecule has 0 N–H and O–H groups in total. The van der Waals surface area contributed by atoms with E-state index in [0.717, 1.165) is 0 Å². The molecule has 140 valence electrons. The molecule has 0 aliphatic carbocycles. The normalized spacial score (nSPS) is 12.8. The second kappa shape index (κ2) is 13.3. The molecule has 0 amide bonds. The minimum absolute atomic E-state index is 0.657. The van der Waals surface area contributed by atoms with E-state index in [1.165, 1.54) is 96.3 Å². The zero-order valence-corrected chi connectivity index (χ0v) is 17.6. The van der Waals surface area contributed by atoms with Crippen LogP contribution in [0, 0.1) is 10.8 Å². The predicted molar refractivity (Wildman–Crippen MR) is 108 cm³/mol. The van der Waals surface area contributed by atoms with Crippen LogP contribution in [0.5, 0.6) is 0 Å². The third-order valence-electron chi connectivity index (χ3n) is 7.41. The van der Waals surface area contributed by atoms with Gasteiger partial charge in [-0.2, -0.15) is 0 Å². The summed E-state index contributed by atoms with van der Waals surface area (Å²) < 4.78 is 0. The van der Waals surface area contributed by atoms with Crippen LogP contribution in [0.15, 0.2) is 0 Å². The highest BCUT2D eigenvalue weighted by Gasteiger charge is 2.23. The first kappa shape index (κ1) is 23.0. The third-order valence-corrected chi connectivity index (χ3v) is 7.41. The summed E-state index contributed by atoms with van der Waals surface area (Å²) in [5.41, 5.74) is 1.31. The van der Waals surface area contributed by atoms with Crippen LogP contribution in [0.25, 0.3) is 0 Å². The highest BCUT2D eigenvalue weighted by molar-refractivity contribution is 4.75. The Morgan fingerprint density at radius 3 is 0.783 bits per heavy atom. The van der Waals surface area contributed by atoms with Crippen LogP contribution in [0.4, 0.5) is 0 Å². The molecular weight excluding hydrogens is 276 g/mol. The smallest absolute Gasteiger partial charge is 0.0305 e. The zero-order valence-electron chi connectivity index (χ0n) is 17.6. The van der Waals surface area contributed by atoms with E-state index in [0.29, 0.717) is 10.8 Å². The molecule has 23 heavy (non-hydrogen) atoms. The Kier molecular flexibility index (Phi) is 13.3. The molecular formula is C23H48. The molecule has 0 bridgehead atoms. The van der Waals surface area contributed by atoms with Crippen molar-refractivity contribution in [3.05, 3.63) is 0 Å². The zero-order chi connectivity index (χ0) is 17.6. The largest absolute Gasteiger partial charge is 0.0649 e. The third kappa shape index (κ3) is 8.59. The van der Waals surface area contributed by atoms with Crippen molar-refractivity contribution in [1.29, 1.82) is 0 Å². The number of rotatable bonds is 16. The van der Waals surface area contributed by atoms with Gasteiger partial charge in [0.2, 0.25) is 0 Å². The van der Waals surface area contributed by atoms with E-state index in [2.05, 4.69) is 41.5 Å². The summed E-state index contributed by atoms with van der Waals surface area (Å²) in [6, 6.07) is 0. The lowest BCUT2D eigenvalue weighted by molar-refractivity contribution is 0.218. The summed E-state index contributed by atoms with van der Waals surface area (Å²) in [4.78, 5) is 0. The van der Waals surface area contributed by atoms with Crippen LogP contribution in [0.2, 0.25) is 0 Å². The number of hydrogen-bond acceptors (Lipinski definition) is 0. The molecule has 0 aliphatic heterocycles. The van der Waals surface area contributed by atoms with Gasteiger partial charge in [-0.1, -0.05) is 125 Å². The molecule has 0 heteroatoms. The van der Waals surface area contributed by atoms with Gasteiger partial charge in [-0.25, -0.2) is 0 Å². The molecule has 0 spiro atoms. The van der Waals surface area contributed by atoms with Gasteiger partial charge in [0.05, 0.1) is 0 Å². The van der Waals surface area contributed by atoms with Crippen molar-refractivity contribution in [2.75, 3.05) is 0 Å². The predicted octanol–water partition coefficient (Wildman–Crippen LogP) is 8.93. The molecule has 0 aromatic heterocycles. The van der Waals surface area contributed by atoms with E-state index in [-0.39, 0.29) is 0 Å². The molecule has 0 nitrogen and oxygen atoms in total. The molecule has 0 atom stereocenters. The fraction of sp³-hybridized carbons (Fsp3) is 1.00. The fourth-order valence-corrected chi connectivity index (χ4v) is 4.44. The van der Waals surface area contributed by atoms with E-state index in [4.69, 9.17) is 0 Å². The van der Waals surface area contributed by atoms with Crippen molar-refractivity contribution in [3.63, 3.8) is 0 Å². The monoisotopic (exact) mass is 324 g/mol. The highest BCUT2D eigenvalue weighted by Crippen LogP contribution is 2.37. The van der Waals surface area contributed by atoms with Gasteiger partial charge in [-0.15, -0.1) is 0 Å². The molecule has 0 aliphatic rings. The van der Waals surface area contributed by atoms with Crippen LogP contribution >= 0.6 is 0 Å². The molecule has 0 saturated heterocycles. The van der Waals surface area contributed by atoms with Crippen molar-refractivity contribution in [3.8, 4) is 0 Å². The van der Waals surface area contributed by atoms with Crippen LogP contribution in [-0.4, -0.2) is 0 Å². The SMILES string of the molecule is CCC(CC)(CC)CCCCCCCCCC(CC)(CC)CC. The van der Waals surface area contributed by atoms with Gasteiger partial charge in [0, 0.05) is 0 Å². The van der Waals surface area contributed by atoms with E-state index < -0.39 is 0 Å². The van der Waals surface area contributed by atoms with E-state index in [9.17, 15) is 0 Å². The van der Waals surface area contributed by atoms with E-state index in [1.807, 2.05) is 0 Å². The Labute approximate surface area is 149 Å². The van der Waals surface area contributed by atoms with Gasteiger partial charge in [-0.3, -0.25) is 0 Å². The van der Waals surface area contributed by atoms with Gasteiger partial charge in [0.25, 0.3) is 0 Å². The lowest BCUT2D eigenvalue weighted by Gasteiger charge is -2.30. The van der Waals surface area contributed by atoms with E-state index >= 15 is 0 Å². The Morgan fingerprint density at radius 1 is 0.348 bits per heavy atom. The minimum atomic E-state index is 0.657. The van der Waals surface area contributed by atoms with Gasteiger partial charge < -0.3 is 0 Å². The summed E-state index contributed by atoms with van der Waals surface area (Å²) in [6.45, 7) is 14.3. The fourth-order valence-electron chi connectivity index (χ4n) is 4.44. The Bertz CT molecular complexity index is 202. The maximum atomic E-state index is 2.38. The molecule has 0 rings (SSSR count). The van der Waals surface area contributed by atoms with Gasteiger partial charge in [0.1, 0.15) is 0 Å². The first-order chi connectivity index (χ1) is 11.1. The van der Waals surface area contributed by atoms with Gasteiger partial charge in [-0.05, 0) is 23.7 Å². The number of hydrogen-bond donors (Lipinski definition) is 0. The van der Waals surface area contributed by atoms with Gasteiger partial charge >= 0.3 is 0 Å². The molecule has 0 aromatic rings. The van der Waals surface area contributed by atoms with E-state index in [1.54, 1.807) is 0 Å². The Hall–Kier alpha value is 0. The first-order valence-corrected chi connectivity index (χ1v) is 11.1. The van der Waals surface area contributed by atoms with Crippen LogP contribution in [0.1, 0.15) is 138 Å². The van der Waals surface area contributed by atoms with Crippen LogP contribution in [-0.2, 0) is 0 Å².